The lowest BCUT2D eigenvalue weighted by Gasteiger charge is -2.44. The van der Waals surface area contributed by atoms with E-state index in [1.165, 1.54) is 36.4 Å². The standard InChI is InChI=1S/C27H32F21NSSi2/c1-14(49(2)3)16-10-9-15(13-17(16)50-51(4,5)6)52(7,8)12-11-18(28,29)19(30,31)20(32,33)21(34,35)22(36,37)23(38,39)24(40,41)25(42,43)26(44,45)27(46,47)48/h9-10,13-14H,11-12H2,1-8H3/t14-/m1/s1. The van der Waals surface area contributed by atoms with Crippen LogP contribution in [0.4, 0.5) is 92.2 Å². The molecule has 0 aliphatic rings. The van der Waals surface area contributed by atoms with Crippen molar-refractivity contribution in [3.05, 3.63) is 23.8 Å². The smallest absolute Gasteiger partial charge is 0.303 e. The summed E-state index contributed by atoms with van der Waals surface area (Å²) in [5, 5.41) is 0.198. The maximum atomic E-state index is 14.8. The Labute approximate surface area is 289 Å². The molecule has 0 aliphatic carbocycles. The number of alkyl halides is 21. The topological polar surface area (TPSA) is 3.24 Å². The van der Waals surface area contributed by atoms with E-state index in [-0.39, 0.29) is 11.2 Å². The molecule has 0 spiro atoms. The van der Waals surface area contributed by atoms with Crippen molar-refractivity contribution in [1.82, 2.24) is 4.90 Å². The highest BCUT2D eigenvalue weighted by molar-refractivity contribution is 8.28. The molecule has 1 atom stereocenters. The third-order valence-electron chi connectivity index (χ3n) is 8.08. The quantitative estimate of drug-likeness (QED) is 0.120. The molecule has 1 nitrogen and oxygen atoms in total. The second-order valence-electron chi connectivity index (χ2n) is 13.8. The second-order valence-corrected chi connectivity index (χ2v) is 27.8. The van der Waals surface area contributed by atoms with E-state index < -0.39 is 87.2 Å². The van der Waals surface area contributed by atoms with Gasteiger partial charge in [0, 0.05) is 17.4 Å². The fourth-order valence-electron chi connectivity index (χ4n) is 4.36. The Hall–Kier alpha value is -1.51. The van der Waals surface area contributed by atoms with Gasteiger partial charge in [-0.2, -0.15) is 103 Å². The number of hydrogen-bond acceptors (Lipinski definition) is 2. The van der Waals surface area contributed by atoms with Gasteiger partial charge in [0.25, 0.3) is 0 Å². The number of nitrogens with zero attached hydrogens (tertiary/aromatic N) is 1. The molecule has 0 saturated heterocycles. The minimum Gasteiger partial charge on any atom is -0.303 e. The highest BCUT2D eigenvalue weighted by atomic mass is 32.4. The summed E-state index contributed by atoms with van der Waals surface area (Å²) >= 11 is 1.40. The monoisotopic (exact) mass is 857 g/mol. The Bertz CT molecular complexity index is 1420. The number of rotatable bonds is 16. The van der Waals surface area contributed by atoms with Gasteiger partial charge in [0.05, 0.1) is 8.07 Å². The molecule has 1 aromatic rings. The van der Waals surface area contributed by atoms with Crippen LogP contribution in [0.25, 0.3) is 0 Å². The van der Waals surface area contributed by atoms with Gasteiger partial charge in [0.2, 0.25) is 0 Å². The van der Waals surface area contributed by atoms with Crippen molar-refractivity contribution in [2.75, 3.05) is 14.1 Å². The summed E-state index contributed by atoms with van der Waals surface area (Å²) < 4.78 is 289. The van der Waals surface area contributed by atoms with Gasteiger partial charge in [-0.25, -0.2) is 0 Å². The number of halogens is 21. The van der Waals surface area contributed by atoms with Gasteiger partial charge in [-0.15, -0.1) is 0 Å². The van der Waals surface area contributed by atoms with Crippen molar-refractivity contribution in [3.8, 4) is 0 Å². The van der Waals surface area contributed by atoms with E-state index in [1.807, 2.05) is 19.6 Å². The largest absolute Gasteiger partial charge is 0.460 e. The number of hydrogen-bond donors (Lipinski definition) is 0. The van der Waals surface area contributed by atoms with Crippen LogP contribution in [0.3, 0.4) is 0 Å². The molecule has 52 heavy (non-hydrogen) atoms. The van der Waals surface area contributed by atoms with Crippen molar-refractivity contribution in [2.45, 2.75) is 123 Å². The van der Waals surface area contributed by atoms with E-state index in [1.54, 1.807) is 32.0 Å². The normalized spacial score (nSPS) is 16.5. The predicted octanol–water partition coefficient (Wildman–Crippen LogP) is 11.8. The molecule has 0 aliphatic heterocycles. The van der Waals surface area contributed by atoms with Crippen LogP contribution in [-0.2, 0) is 0 Å². The summed E-state index contributed by atoms with van der Waals surface area (Å²) in [5.74, 6) is -76.8. The summed E-state index contributed by atoms with van der Waals surface area (Å²) in [4.78, 5) is 2.38. The second kappa shape index (κ2) is 13.9. The third-order valence-corrected chi connectivity index (χ3v) is 15.1. The Morgan fingerprint density at radius 3 is 1.23 bits per heavy atom. The fourth-order valence-corrected chi connectivity index (χ4v) is 10.5. The Morgan fingerprint density at radius 2 is 0.904 bits per heavy atom. The molecule has 1 aromatic carbocycles. The van der Waals surface area contributed by atoms with Crippen LogP contribution in [0.2, 0.25) is 38.8 Å². The summed E-state index contributed by atoms with van der Waals surface area (Å²) in [6.07, 6.45) is -10.6. The molecule has 0 N–H and O–H groups in total. The molecule has 0 fully saturated rings. The van der Waals surface area contributed by atoms with Gasteiger partial charge >= 0.3 is 59.5 Å². The molecular formula is C27H32F21NSSi2. The van der Waals surface area contributed by atoms with Crippen LogP contribution in [0.5, 0.6) is 0 Å². The van der Waals surface area contributed by atoms with Crippen molar-refractivity contribution < 1.29 is 92.2 Å². The Kier molecular flexibility index (Phi) is 13.0. The lowest BCUT2D eigenvalue weighted by molar-refractivity contribution is -0.474. The highest BCUT2D eigenvalue weighted by Crippen LogP contribution is 2.66. The van der Waals surface area contributed by atoms with E-state index in [4.69, 9.17) is 0 Å². The summed E-state index contributed by atoms with van der Waals surface area (Å²) in [7, 11) is -2.18. The predicted molar refractivity (Wildman–Crippen MR) is 155 cm³/mol. The molecule has 0 radical (unpaired) electrons. The maximum absolute atomic E-state index is 14.8. The van der Waals surface area contributed by atoms with Crippen LogP contribution in [-0.4, -0.2) is 93.8 Å². The van der Waals surface area contributed by atoms with E-state index in [0.717, 1.165) is 0 Å². The van der Waals surface area contributed by atoms with Crippen molar-refractivity contribution in [2.24, 2.45) is 0 Å². The van der Waals surface area contributed by atoms with Crippen LogP contribution in [0.1, 0.15) is 24.9 Å². The Balaban J connectivity index is 3.67. The summed E-state index contributed by atoms with van der Waals surface area (Å²) in [6.45, 7) is 9.94. The SMILES string of the molecule is C[C@H](c1ccc([Si](C)(C)CCC(F)(F)C(F)(F)C(F)(F)C(F)(F)C(F)(F)C(F)(F)C(F)(F)C(F)(F)C(F)(F)C(F)(F)F)cc1S[Si](C)(C)C)N(C)C. The fraction of sp³-hybridized carbons (Fsp3) is 0.778. The van der Waals surface area contributed by atoms with Crippen molar-refractivity contribution in [3.63, 3.8) is 0 Å². The molecule has 0 bridgehead atoms. The van der Waals surface area contributed by atoms with E-state index in [9.17, 15) is 92.2 Å². The zero-order chi connectivity index (χ0) is 42.1. The number of benzene rings is 1. The molecule has 0 unspecified atom stereocenters. The summed E-state index contributed by atoms with van der Waals surface area (Å²) in [5.41, 5.74) is 0.716. The van der Waals surface area contributed by atoms with Gasteiger partial charge in [-0.1, -0.05) is 50.1 Å². The molecule has 1 rings (SSSR count). The van der Waals surface area contributed by atoms with Gasteiger partial charge < -0.3 is 4.90 Å². The molecule has 0 saturated carbocycles. The van der Waals surface area contributed by atoms with Gasteiger partial charge in [0.1, 0.15) is 7.22 Å². The third kappa shape index (κ3) is 7.79. The van der Waals surface area contributed by atoms with Gasteiger partial charge in [-0.3, -0.25) is 0 Å². The minimum atomic E-state index is -9.17. The van der Waals surface area contributed by atoms with Crippen LogP contribution >= 0.6 is 11.2 Å². The molecule has 0 amide bonds. The highest BCUT2D eigenvalue weighted by Gasteiger charge is 2.97. The van der Waals surface area contributed by atoms with E-state index in [0.29, 0.717) is 10.5 Å². The van der Waals surface area contributed by atoms with Gasteiger partial charge in [0.15, 0.2) is 0 Å². The van der Waals surface area contributed by atoms with E-state index >= 15 is 0 Å². The average Bonchev–Trinajstić information content (AvgIpc) is 2.93. The van der Waals surface area contributed by atoms with E-state index in [2.05, 4.69) is 0 Å². The molecule has 0 aromatic heterocycles. The molecule has 0 heterocycles. The Morgan fingerprint density at radius 1 is 0.558 bits per heavy atom. The van der Waals surface area contributed by atoms with Gasteiger partial charge in [-0.05, 0) is 38.7 Å². The van der Waals surface area contributed by atoms with Crippen LogP contribution < -0.4 is 5.19 Å². The zero-order valence-corrected chi connectivity index (χ0v) is 30.8. The molecule has 306 valence electrons. The summed E-state index contributed by atoms with van der Waals surface area (Å²) in [6, 6.07) is 2.91. The van der Waals surface area contributed by atoms with Crippen LogP contribution in [0.15, 0.2) is 23.1 Å². The lowest BCUT2D eigenvalue weighted by Crippen LogP contribution is -2.76. The first-order valence-corrected chi connectivity index (χ1v) is 22.6. The molecular weight excluding hydrogens is 826 g/mol. The van der Waals surface area contributed by atoms with Crippen LogP contribution in [0, 0.1) is 0 Å². The molecule has 25 heteroatoms. The average molecular weight is 858 g/mol. The lowest BCUT2D eigenvalue weighted by atomic mass is 9.86. The first-order valence-electron chi connectivity index (χ1n) is 14.3. The minimum absolute atomic E-state index is 0.198. The zero-order valence-electron chi connectivity index (χ0n) is 28.0. The first kappa shape index (κ1) is 48.5. The maximum Gasteiger partial charge on any atom is 0.460 e. The van der Waals surface area contributed by atoms with Crippen molar-refractivity contribution in [1.29, 1.82) is 0 Å². The first-order chi connectivity index (χ1) is 22.4. The van der Waals surface area contributed by atoms with Crippen molar-refractivity contribution >= 4 is 31.7 Å².